The number of aryl methyl sites for hydroxylation is 1. The highest BCUT2D eigenvalue weighted by Gasteiger charge is 2.16. The van der Waals surface area contributed by atoms with Crippen molar-refractivity contribution in [3.05, 3.63) is 34.5 Å². The van der Waals surface area contributed by atoms with Crippen LogP contribution in [0.4, 0.5) is 5.82 Å². The van der Waals surface area contributed by atoms with Crippen LogP contribution in [0.3, 0.4) is 0 Å². The molecule has 1 aliphatic heterocycles. The Bertz CT molecular complexity index is 719. The molecule has 0 unspecified atom stereocenters. The van der Waals surface area contributed by atoms with Gasteiger partial charge in [-0.15, -0.1) is 11.8 Å². The molecule has 6 nitrogen and oxygen atoms in total. The highest BCUT2D eigenvalue weighted by Crippen LogP contribution is 2.39. The predicted molar refractivity (Wildman–Crippen MR) is 88.5 cm³/mol. The van der Waals surface area contributed by atoms with Gasteiger partial charge in [0.1, 0.15) is 19.0 Å². The van der Waals surface area contributed by atoms with Gasteiger partial charge in [-0.3, -0.25) is 4.79 Å². The number of halogens is 1. The first kappa shape index (κ1) is 16.0. The first-order valence-electron chi connectivity index (χ1n) is 7.01. The Balaban J connectivity index is 1.52. The van der Waals surface area contributed by atoms with Gasteiger partial charge in [-0.1, -0.05) is 16.8 Å². The molecular formula is C15H15ClN2O4S. The van der Waals surface area contributed by atoms with Crippen molar-refractivity contribution in [1.29, 1.82) is 0 Å². The van der Waals surface area contributed by atoms with Crippen molar-refractivity contribution in [2.45, 2.75) is 12.7 Å². The van der Waals surface area contributed by atoms with Crippen LogP contribution in [0.2, 0.25) is 5.02 Å². The number of ether oxygens (including phenoxy) is 2. The number of carbonyl (C=O) groups excluding carboxylic acids is 1. The third-order valence-electron chi connectivity index (χ3n) is 3.05. The highest BCUT2D eigenvalue weighted by atomic mass is 35.5. The van der Waals surface area contributed by atoms with E-state index in [1.165, 1.54) is 11.8 Å². The first-order valence-corrected chi connectivity index (χ1v) is 8.54. The lowest BCUT2D eigenvalue weighted by atomic mass is 10.2. The Labute approximate surface area is 142 Å². The third kappa shape index (κ3) is 4.11. The zero-order valence-electron chi connectivity index (χ0n) is 12.4. The molecule has 1 aromatic carbocycles. The van der Waals surface area contributed by atoms with E-state index in [1.54, 1.807) is 13.0 Å². The summed E-state index contributed by atoms with van der Waals surface area (Å²) in [5.41, 5.74) is 0.981. The summed E-state index contributed by atoms with van der Waals surface area (Å²) < 4.78 is 15.9. The van der Waals surface area contributed by atoms with Crippen LogP contribution < -0.4 is 14.8 Å². The van der Waals surface area contributed by atoms with Gasteiger partial charge >= 0.3 is 0 Å². The lowest BCUT2D eigenvalue weighted by molar-refractivity contribution is -0.113. The molecule has 0 saturated carbocycles. The second kappa shape index (κ2) is 7.14. The highest BCUT2D eigenvalue weighted by molar-refractivity contribution is 7.99. The normalized spacial score (nSPS) is 13.0. The van der Waals surface area contributed by atoms with Crippen molar-refractivity contribution < 1.29 is 18.8 Å². The van der Waals surface area contributed by atoms with Gasteiger partial charge in [0.05, 0.1) is 10.8 Å². The summed E-state index contributed by atoms with van der Waals surface area (Å²) in [6.07, 6.45) is 0. The monoisotopic (exact) mass is 354 g/mol. The van der Waals surface area contributed by atoms with Crippen molar-refractivity contribution >= 4 is 35.1 Å². The number of fused-ring (bicyclic) bond motifs is 1. The molecule has 0 spiro atoms. The fourth-order valence-corrected chi connectivity index (χ4v) is 3.16. The third-order valence-corrected chi connectivity index (χ3v) is 4.34. The Morgan fingerprint density at radius 2 is 2.17 bits per heavy atom. The summed E-state index contributed by atoms with van der Waals surface area (Å²) in [5.74, 6) is 3.13. The van der Waals surface area contributed by atoms with Crippen molar-refractivity contribution in [1.82, 2.24) is 5.16 Å². The summed E-state index contributed by atoms with van der Waals surface area (Å²) in [4.78, 5) is 11.8. The minimum Gasteiger partial charge on any atom is -0.486 e. The van der Waals surface area contributed by atoms with Gasteiger partial charge < -0.3 is 19.3 Å². The molecule has 0 bridgehead atoms. The van der Waals surface area contributed by atoms with Crippen LogP contribution in [-0.2, 0) is 10.5 Å². The molecule has 0 saturated heterocycles. The standard InChI is InChI=1S/C15H15ClN2O4S/c1-9-4-13(18-22-9)17-14(19)8-23-7-10-5-11(16)15-12(6-10)20-2-3-21-15/h4-6H,2-3,7-8H2,1H3,(H,17,18,19). The van der Waals surface area contributed by atoms with Crippen LogP contribution in [-0.4, -0.2) is 30.0 Å². The summed E-state index contributed by atoms with van der Waals surface area (Å²) in [6, 6.07) is 5.40. The molecule has 0 atom stereocenters. The van der Waals surface area contributed by atoms with Gasteiger partial charge in [-0.2, -0.15) is 0 Å². The van der Waals surface area contributed by atoms with Gasteiger partial charge in [0.15, 0.2) is 17.3 Å². The van der Waals surface area contributed by atoms with E-state index in [2.05, 4.69) is 10.5 Å². The van der Waals surface area contributed by atoms with E-state index in [4.69, 9.17) is 25.6 Å². The van der Waals surface area contributed by atoms with Crippen molar-refractivity contribution in [2.24, 2.45) is 0 Å². The zero-order chi connectivity index (χ0) is 16.2. The molecule has 23 heavy (non-hydrogen) atoms. The Kier molecular flexibility index (Phi) is 4.97. The summed E-state index contributed by atoms with van der Waals surface area (Å²) >= 11 is 7.66. The maximum atomic E-state index is 11.8. The molecular weight excluding hydrogens is 340 g/mol. The van der Waals surface area contributed by atoms with Crippen LogP contribution >= 0.6 is 23.4 Å². The van der Waals surface area contributed by atoms with E-state index in [1.807, 2.05) is 12.1 Å². The van der Waals surface area contributed by atoms with Gasteiger partial charge in [0.25, 0.3) is 0 Å². The molecule has 0 radical (unpaired) electrons. The summed E-state index contributed by atoms with van der Waals surface area (Å²) in [5, 5.41) is 6.92. The maximum absolute atomic E-state index is 11.8. The number of nitrogens with zero attached hydrogens (tertiary/aromatic N) is 1. The van der Waals surface area contributed by atoms with E-state index in [9.17, 15) is 4.79 Å². The predicted octanol–water partition coefficient (Wildman–Crippen LogP) is 3.28. The zero-order valence-corrected chi connectivity index (χ0v) is 14.0. The van der Waals surface area contributed by atoms with Crippen molar-refractivity contribution in [2.75, 3.05) is 24.3 Å². The SMILES string of the molecule is Cc1cc(NC(=O)CSCc2cc(Cl)c3c(c2)OCCO3)no1. The topological polar surface area (TPSA) is 73.6 Å². The summed E-state index contributed by atoms with van der Waals surface area (Å²) in [6.45, 7) is 2.78. The number of benzene rings is 1. The van der Waals surface area contributed by atoms with E-state index in [0.29, 0.717) is 52.8 Å². The minimum absolute atomic E-state index is 0.132. The van der Waals surface area contributed by atoms with Gasteiger partial charge in [-0.05, 0) is 24.6 Å². The van der Waals surface area contributed by atoms with Crippen molar-refractivity contribution in [3.8, 4) is 11.5 Å². The smallest absolute Gasteiger partial charge is 0.235 e. The largest absolute Gasteiger partial charge is 0.486 e. The van der Waals surface area contributed by atoms with E-state index in [-0.39, 0.29) is 5.91 Å². The Morgan fingerprint density at radius 3 is 2.96 bits per heavy atom. The van der Waals surface area contributed by atoms with Crippen molar-refractivity contribution in [3.63, 3.8) is 0 Å². The fraction of sp³-hybridized carbons (Fsp3) is 0.333. The number of hydrogen-bond acceptors (Lipinski definition) is 6. The molecule has 2 aromatic rings. The van der Waals surface area contributed by atoms with Gasteiger partial charge in [-0.25, -0.2) is 0 Å². The number of nitrogens with one attached hydrogen (secondary N) is 1. The maximum Gasteiger partial charge on any atom is 0.235 e. The number of rotatable bonds is 5. The number of anilines is 1. The lowest BCUT2D eigenvalue weighted by Gasteiger charge is -2.20. The molecule has 1 aliphatic rings. The summed E-state index contributed by atoms with van der Waals surface area (Å²) in [7, 11) is 0. The molecule has 0 aliphatic carbocycles. The second-order valence-electron chi connectivity index (χ2n) is 4.97. The molecule has 1 N–H and O–H groups in total. The second-order valence-corrected chi connectivity index (χ2v) is 6.36. The van der Waals surface area contributed by atoms with Crippen LogP contribution in [0.1, 0.15) is 11.3 Å². The minimum atomic E-state index is -0.132. The molecule has 3 rings (SSSR count). The molecule has 122 valence electrons. The Hall–Kier alpha value is -1.86. The molecule has 8 heteroatoms. The van der Waals surface area contributed by atoms with Crippen LogP contribution in [0.25, 0.3) is 0 Å². The van der Waals surface area contributed by atoms with E-state index >= 15 is 0 Å². The van der Waals surface area contributed by atoms with Gasteiger partial charge in [0.2, 0.25) is 5.91 Å². The number of aromatic nitrogens is 1. The molecule has 1 amide bonds. The van der Waals surface area contributed by atoms with E-state index < -0.39 is 0 Å². The average Bonchev–Trinajstić information content (AvgIpc) is 2.92. The average molecular weight is 355 g/mol. The fourth-order valence-electron chi connectivity index (χ4n) is 2.11. The number of amides is 1. The molecule has 1 aromatic heterocycles. The number of carbonyl (C=O) groups is 1. The number of hydrogen-bond donors (Lipinski definition) is 1. The lowest BCUT2D eigenvalue weighted by Crippen LogP contribution is -2.16. The number of thioether (sulfide) groups is 1. The van der Waals surface area contributed by atoms with Crippen LogP contribution in [0.15, 0.2) is 22.7 Å². The van der Waals surface area contributed by atoms with Gasteiger partial charge in [0, 0.05) is 11.8 Å². The van der Waals surface area contributed by atoms with E-state index in [0.717, 1.165) is 5.56 Å². The van der Waals surface area contributed by atoms with Crippen LogP contribution in [0, 0.1) is 6.92 Å². The van der Waals surface area contributed by atoms with Crippen LogP contribution in [0.5, 0.6) is 11.5 Å². The first-order chi connectivity index (χ1) is 11.1. The Morgan fingerprint density at radius 1 is 1.35 bits per heavy atom. The quantitative estimate of drug-likeness (QED) is 0.888. The molecule has 2 heterocycles. The molecule has 0 fully saturated rings.